The highest BCUT2D eigenvalue weighted by atomic mass is 16.6. The van der Waals surface area contributed by atoms with Crippen LogP contribution in [0, 0.1) is 0 Å². The molecular weight excluding hydrogens is 236 g/mol. The third-order valence-corrected chi connectivity index (χ3v) is 2.53. The first-order chi connectivity index (χ1) is 8.63. The summed E-state index contributed by atoms with van der Waals surface area (Å²) in [5.41, 5.74) is 0.212. The van der Waals surface area contributed by atoms with Gasteiger partial charge in [0.05, 0.1) is 0 Å². The summed E-state index contributed by atoms with van der Waals surface area (Å²) in [5, 5.41) is 18.7. The lowest BCUT2D eigenvalue weighted by Gasteiger charge is -2.06. The summed E-state index contributed by atoms with van der Waals surface area (Å²) in [6, 6.07) is 8.31. The number of carbonyl (C=O) groups excluding carboxylic acids is 1. The molecule has 1 aliphatic rings. The van der Waals surface area contributed by atoms with Crippen molar-refractivity contribution in [2.45, 2.75) is 0 Å². The number of carbonyl (C=O) groups is 1. The quantitative estimate of drug-likeness (QED) is 0.549. The third kappa shape index (κ3) is 1.62. The van der Waals surface area contributed by atoms with E-state index in [0.717, 1.165) is 0 Å². The smallest absolute Gasteiger partial charge is 0.347 e. The second-order valence-corrected chi connectivity index (χ2v) is 3.80. The molecule has 1 heterocycles. The van der Waals surface area contributed by atoms with E-state index >= 15 is 0 Å². The van der Waals surface area contributed by atoms with Crippen molar-refractivity contribution in [1.82, 2.24) is 0 Å². The van der Waals surface area contributed by atoms with Gasteiger partial charge in [0.2, 0.25) is 0 Å². The summed E-state index contributed by atoms with van der Waals surface area (Å²) in [4.78, 5) is 11.8. The maximum absolute atomic E-state index is 11.8. The number of hydrogen-bond acceptors (Lipinski definition) is 5. The number of phenolic OH excluding ortho intramolecular Hbond substituents is 2. The number of ether oxygens (including phenoxy) is 2. The highest BCUT2D eigenvalue weighted by molar-refractivity contribution is 5.95. The van der Waals surface area contributed by atoms with Gasteiger partial charge in [0.25, 0.3) is 0 Å². The maximum atomic E-state index is 11.8. The standard InChI is InChI=1S/C13H8O5/c14-7-1-3-9-11(5-7)17-10-4-2-8(15)6-12(10)18-13(9)16/h1-6,14-15H. The molecule has 0 saturated carbocycles. The zero-order chi connectivity index (χ0) is 12.7. The van der Waals surface area contributed by atoms with Gasteiger partial charge in [-0.2, -0.15) is 0 Å². The fourth-order valence-electron chi connectivity index (χ4n) is 1.70. The van der Waals surface area contributed by atoms with Gasteiger partial charge in [0.1, 0.15) is 22.8 Å². The first-order valence-corrected chi connectivity index (χ1v) is 5.19. The van der Waals surface area contributed by atoms with Crippen LogP contribution in [0.5, 0.6) is 28.7 Å². The minimum Gasteiger partial charge on any atom is -0.508 e. The molecule has 5 nitrogen and oxygen atoms in total. The Labute approximate surface area is 102 Å². The van der Waals surface area contributed by atoms with Gasteiger partial charge in [-0.3, -0.25) is 0 Å². The number of hydrogen-bond donors (Lipinski definition) is 2. The fraction of sp³-hybridized carbons (Fsp3) is 0. The van der Waals surface area contributed by atoms with Crippen LogP contribution in [0.15, 0.2) is 36.4 Å². The zero-order valence-electron chi connectivity index (χ0n) is 9.08. The number of esters is 1. The lowest BCUT2D eigenvalue weighted by molar-refractivity contribution is 0.0737. The molecule has 2 aromatic carbocycles. The molecule has 0 fully saturated rings. The molecule has 0 radical (unpaired) electrons. The van der Waals surface area contributed by atoms with E-state index in [2.05, 4.69) is 0 Å². The number of phenols is 2. The minimum absolute atomic E-state index is 0.0104. The molecule has 0 aliphatic carbocycles. The molecule has 0 amide bonds. The Morgan fingerprint density at radius 1 is 0.778 bits per heavy atom. The van der Waals surface area contributed by atoms with Gasteiger partial charge in [-0.1, -0.05) is 0 Å². The molecule has 90 valence electrons. The number of aromatic hydroxyl groups is 2. The highest BCUT2D eigenvalue weighted by Crippen LogP contribution is 2.40. The molecule has 0 atom stereocenters. The van der Waals surface area contributed by atoms with Gasteiger partial charge in [-0.25, -0.2) is 4.79 Å². The van der Waals surface area contributed by atoms with E-state index in [9.17, 15) is 15.0 Å². The molecule has 0 spiro atoms. The summed E-state index contributed by atoms with van der Waals surface area (Å²) in [6.07, 6.45) is 0. The zero-order valence-corrected chi connectivity index (χ0v) is 9.08. The van der Waals surface area contributed by atoms with E-state index in [1.54, 1.807) is 0 Å². The van der Waals surface area contributed by atoms with E-state index in [0.29, 0.717) is 5.75 Å². The Bertz CT molecular complexity index is 648. The van der Waals surface area contributed by atoms with E-state index in [-0.39, 0.29) is 28.6 Å². The van der Waals surface area contributed by atoms with Gasteiger partial charge in [-0.05, 0) is 24.3 Å². The van der Waals surface area contributed by atoms with Gasteiger partial charge >= 0.3 is 5.97 Å². The van der Waals surface area contributed by atoms with Crippen molar-refractivity contribution in [1.29, 1.82) is 0 Å². The van der Waals surface area contributed by atoms with E-state index < -0.39 is 5.97 Å². The molecule has 2 aromatic rings. The number of benzene rings is 2. The molecule has 1 aliphatic heterocycles. The lowest BCUT2D eigenvalue weighted by atomic mass is 10.2. The van der Waals surface area contributed by atoms with Crippen LogP contribution >= 0.6 is 0 Å². The molecule has 2 N–H and O–H groups in total. The Balaban J connectivity index is 2.17. The first kappa shape index (κ1) is 10.5. The third-order valence-electron chi connectivity index (χ3n) is 2.53. The Hall–Kier alpha value is -2.69. The number of rotatable bonds is 0. The maximum Gasteiger partial charge on any atom is 0.347 e. The largest absolute Gasteiger partial charge is 0.508 e. The van der Waals surface area contributed by atoms with Crippen molar-refractivity contribution in [2.24, 2.45) is 0 Å². The van der Waals surface area contributed by atoms with Crippen molar-refractivity contribution in [3.8, 4) is 28.7 Å². The van der Waals surface area contributed by atoms with Crippen LogP contribution in [-0.2, 0) is 0 Å². The van der Waals surface area contributed by atoms with Crippen LogP contribution < -0.4 is 9.47 Å². The Morgan fingerprint density at radius 2 is 1.44 bits per heavy atom. The average Bonchev–Trinajstić information content (AvgIpc) is 2.44. The Kier molecular flexibility index (Phi) is 2.13. The summed E-state index contributed by atoms with van der Waals surface area (Å²) < 4.78 is 10.6. The number of fused-ring (bicyclic) bond motifs is 2. The molecule has 0 saturated heterocycles. The van der Waals surface area contributed by atoms with Crippen LogP contribution in [-0.4, -0.2) is 16.2 Å². The minimum atomic E-state index is -0.602. The van der Waals surface area contributed by atoms with Crippen molar-refractivity contribution < 1.29 is 24.5 Å². The van der Waals surface area contributed by atoms with Gasteiger partial charge in [0.15, 0.2) is 11.5 Å². The van der Waals surface area contributed by atoms with Crippen LogP contribution in [0.1, 0.15) is 10.4 Å². The predicted octanol–water partition coefficient (Wildman–Crippen LogP) is 2.42. The van der Waals surface area contributed by atoms with E-state index in [4.69, 9.17) is 9.47 Å². The van der Waals surface area contributed by atoms with Crippen molar-refractivity contribution in [3.05, 3.63) is 42.0 Å². The van der Waals surface area contributed by atoms with Gasteiger partial charge < -0.3 is 19.7 Å². The fourth-order valence-corrected chi connectivity index (χ4v) is 1.70. The van der Waals surface area contributed by atoms with Crippen LogP contribution in [0.3, 0.4) is 0 Å². The molecule has 0 aromatic heterocycles. The van der Waals surface area contributed by atoms with Crippen molar-refractivity contribution in [3.63, 3.8) is 0 Å². The second-order valence-electron chi connectivity index (χ2n) is 3.80. The predicted molar refractivity (Wildman–Crippen MR) is 61.2 cm³/mol. The average molecular weight is 244 g/mol. The molecule has 0 bridgehead atoms. The summed E-state index contributed by atoms with van der Waals surface area (Å²) in [7, 11) is 0. The molecule has 18 heavy (non-hydrogen) atoms. The molecule has 0 unspecified atom stereocenters. The lowest BCUT2D eigenvalue weighted by Crippen LogP contribution is -2.06. The van der Waals surface area contributed by atoms with Crippen LogP contribution in [0.2, 0.25) is 0 Å². The second kappa shape index (κ2) is 3.66. The molecule has 3 rings (SSSR count). The topological polar surface area (TPSA) is 76.0 Å². The van der Waals surface area contributed by atoms with Crippen LogP contribution in [0.4, 0.5) is 0 Å². The van der Waals surface area contributed by atoms with Crippen LogP contribution in [0.25, 0.3) is 0 Å². The Morgan fingerprint density at radius 3 is 2.22 bits per heavy atom. The van der Waals surface area contributed by atoms with E-state index in [1.807, 2.05) is 0 Å². The first-order valence-electron chi connectivity index (χ1n) is 5.19. The van der Waals surface area contributed by atoms with Crippen molar-refractivity contribution in [2.75, 3.05) is 0 Å². The van der Waals surface area contributed by atoms with Crippen molar-refractivity contribution >= 4 is 5.97 Å². The molecule has 5 heteroatoms. The highest BCUT2D eigenvalue weighted by Gasteiger charge is 2.23. The molecular formula is C13H8O5. The summed E-state index contributed by atoms with van der Waals surface area (Å²) in [6.45, 7) is 0. The van der Waals surface area contributed by atoms with Gasteiger partial charge in [0, 0.05) is 12.1 Å². The monoisotopic (exact) mass is 244 g/mol. The van der Waals surface area contributed by atoms with E-state index in [1.165, 1.54) is 36.4 Å². The summed E-state index contributed by atoms with van der Waals surface area (Å²) in [5.74, 6) is 0.00251. The SMILES string of the molecule is O=C1Oc2cc(O)ccc2Oc2cc(O)ccc21. The van der Waals surface area contributed by atoms with Gasteiger partial charge in [-0.15, -0.1) is 0 Å². The normalized spacial score (nSPS) is 12.8. The summed E-state index contributed by atoms with van der Waals surface area (Å²) >= 11 is 0.